The van der Waals surface area contributed by atoms with Crippen molar-refractivity contribution in [2.75, 3.05) is 5.88 Å². The van der Waals surface area contributed by atoms with Crippen LogP contribution in [0.5, 0.6) is 0 Å². The van der Waals surface area contributed by atoms with Gasteiger partial charge in [-0.25, -0.2) is 4.98 Å². The quantitative estimate of drug-likeness (QED) is 0.746. The third kappa shape index (κ3) is 3.79. The second-order valence-electron chi connectivity index (χ2n) is 3.17. The van der Waals surface area contributed by atoms with Crippen molar-refractivity contribution in [3.05, 3.63) is 18.7 Å². The summed E-state index contributed by atoms with van der Waals surface area (Å²) in [6.45, 7) is 2.68. The van der Waals surface area contributed by atoms with Crippen molar-refractivity contribution in [3.63, 3.8) is 0 Å². The van der Waals surface area contributed by atoms with Crippen LogP contribution >= 0.6 is 11.6 Å². The number of carbonyl (C=O) groups is 1. The Bertz CT molecular complexity index is 274. The van der Waals surface area contributed by atoms with Crippen LogP contribution in [0.1, 0.15) is 13.3 Å². The van der Waals surface area contributed by atoms with E-state index in [9.17, 15) is 4.79 Å². The molecule has 1 atom stereocenters. The summed E-state index contributed by atoms with van der Waals surface area (Å²) in [6, 6.07) is 0.0971. The van der Waals surface area contributed by atoms with E-state index in [0.29, 0.717) is 12.3 Å². The summed E-state index contributed by atoms with van der Waals surface area (Å²) < 4.78 is 1.92. The molecule has 0 radical (unpaired) electrons. The molecule has 0 aliphatic heterocycles. The average molecular weight is 216 g/mol. The van der Waals surface area contributed by atoms with Gasteiger partial charge in [0.1, 0.15) is 0 Å². The summed E-state index contributed by atoms with van der Waals surface area (Å²) >= 11 is 5.45. The highest BCUT2D eigenvalue weighted by Crippen LogP contribution is 1.93. The van der Waals surface area contributed by atoms with Crippen molar-refractivity contribution in [3.8, 4) is 0 Å². The number of halogens is 1. The Morgan fingerprint density at radius 2 is 2.50 bits per heavy atom. The van der Waals surface area contributed by atoms with Crippen molar-refractivity contribution in [1.29, 1.82) is 0 Å². The lowest BCUT2D eigenvalue weighted by Crippen LogP contribution is -2.35. The number of nitrogens with one attached hydrogen (secondary N) is 1. The van der Waals surface area contributed by atoms with Crippen molar-refractivity contribution < 1.29 is 4.79 Å². The smallest absolute Gasteiger partial charge is 0.221 e. The highest BCUT2D eigenvalue weighted by molar-refractivity contribution is 6.18. The minimum Gasteiger partial charge on any atom is -0.352 e. The molecule has 0 aliphatic rings. The van der Waals surface area contributed by atoms with Gasteiger partial charge in [0.25, 0.3) is 0 Å². The van der Waals surface area contributed by atoms with E-state index in [1.165, 1.54) is 0 Å². The van der Waals surface area contributed by atoms with E-state index >= 15 is 0 Å². The molecule has 0 spiro atoms. The number of nitrogens with zero attached hydrogens (tertiary/aromatic N) is 2. The van der Waals surface area contributed by atoms with E-state index in [-0.39, 0.29) is 11.9 Å². The topological polar surface area (TPSA) is 46.9 Å². The minimum atomic E-state index is -0.00684. The molecule has 1 aromatic heterocycles. The van der Waals surface area contributed by atoms with E-state index in [2.05, 4.69) is 10.3 Å². The SMILES string of the molecule is CC(Cn1ccnc1)NC(=O)CCCl. The molecule has 0 fully saturated rings. The normalized spacial score (nSPS) is 12.4. The molecule has 4 nitrogen and oxygen atoms in total. The number of alkyl halides is 1. The van der Waals surface area contributed by atoms with Crippen molar-refractivity contribution >= 4 is 17.5 Å². The number of aromatic nitrogens is 2. The maximum absolute atomic E-state index is 11.2. The van der Waals surface area contributed by atoms with E-state index in [0.717, 1.165) is 6.54 Å². The monoisotopic (exact) mass is 215 g/mol. The average Bonchev–Trinajstić information content (AvgIpc) is 2.56. The highest BCUT2D eigenvalue weighted by atomic mass is 35.5. The molecule has 1 unspecified atom stereocenters. The van der Waals surface area contributed by atoms with Crippen LogP contribution in [0.2, 0.25) is 0 Å². The number of carbonyl (C=O) groups excluding carboxylic acids is 1. The second-order valence-corrected chi connectivity index (χ2v) is 3.54. The maximum Gasteiger partial charge on any atom is 0.221 e. The molecule has 0 saturated heterocycles. The van der Waals surface area contributed by atoms with Crippen LogP contribution < -0.4 is 5.32 Å². The Hall–Kier alpha value is -1.03. The van der Waals surface area contributed by atoms with Crippen LogP contribution in [0.4, 0.5) is 0 Å². The molecule has 78 valence electrons. The summed E-state index contributed by atoms with van der Waals surface area (Å²) in [7, 11) is 0. The first kappa shape index (κ1) is 11.0. The van der Waals surface area contributed by atoms with Gasteiger partial charge in [0.15, 0.2) is 0 Å². The van der Waals surface area contributed by atoms with Crippen LogP contribution in [-0.2, 0) is 11.3 Å². The van der Waals surface area contributed by atoms with Crippen molar-refractivity contribution in [1.82, 2.24) is 14.9 Å². The molecule has 0 saturated carbocycles. The summed E-state index contributed by atoms with van der Waals surface area (Å²) in [6.07, 6.45) is 5.68. The van der Waals surface area contributed by atoms with Crippen LogP contribution in [-0.4, -0.2) is 27.4 Å². The second kappa shape index (κ2) is 5.65. The zero-order chi connectivity index (χ0) is 10.4. The van der Waals surface area contributed by atoms with Gasteiger partial charge in [0.2, 0.25) is 5.91 Å². The number of rotatable bonds is 5. The van der Waals surface area contributed by atoms with Gasteiger partial charge in [-0.15, -0.1) is 11.6 Å². The summed E-state index contributed by atoms with van der Waals surface area (Å²) in [4.78, 5) is 15.1. The van der Waals surface area contributed by atoms with Gasteiger partial charge in [0, 0.05) is 37.3 Å². The predicted molar refractivity (Wildman–Crippen MR) is 55.2 cm³/mol. The Morgan fingerprint density at radius 1 is 1.71 bits per heavy atom. The largest absolute Gasteiger partial charge is 0.352 e. The zero-order valence-electron chi connectivity index (χ0n) is 8.11. The van der Waals surface area contributed by atoms with Crippen molar-refractivity contribution in [2.24, 2.45) is 0 Å². The third-order valence-corrected chi connectivity index (χ3v) is 1.96. The lowest BCUT2D eigenvalue weighted by Gasteiger charge is -2.13. The predicted octanol–water partition coefficient (Wildman–Crippen LogP) is 1.02. The molecule has 0 bridgehead atoms. The molecule has 5 heteroatoms. The van der Waals surface area contributed by atoms with Crippen molar-refractivity contribution in [2.45, 2.75) is 25.9 Å². The lowest BCUT2D eigenvalue weighted by atomic mass is 10.3. The fourth-order valence-corrected chi connectivity index (χ4v) is 1.36. The van der Waals surface area contributed by atoms with E-state index in [4.69, 9.17) is 11.6 Å². The van der Waals surface area contributed by atoms with Gasteiger partial charge in [-0.1, -0.05) is 0 Å². The molecule has 14 heavy (non-hydrogen) atoms. The van der Waals surface area contributed by atoms with Gasteiger partial charge < -0.3 is 9.88 Å². The fraction of sp³-hybridized carbons (Fsp3) is 0.556. The van der Waals surface area contributed by atoms with Gasteiger partial charge in [-0.3, -0.25) is 4.79 Å². The molecule has 1 aromatic rings. The zero-order valence-corrected chi connectivity index (χ0v) is 8.87. The standard InChI is InChI=1S/C9H14ClN3O/c1-8(12-9(14)2-3-10)6-13-5-4-11-7-13/h4-5,7-8H,2-3,6H2,1H3,(H,12,14). The summed E-state index contributed by atoms with van der Waals surface area (Å²) in [5.74, 6) is 0.358. The number of hydrogen-bond acceptors (Lipinski definition) is 2. The van der Waals surface area contributed by atoms with E-state index in [1.807, 2.05) is 17.7 Å². The summed E-state index contributed by atoms with van der Waals surface area (Å²) in [5, 5.41) is 2.85. The first-order chi connectivity index (χ1) is 6.72. The first-order valence-corrected chi connectivity index (χ1v) is 5.07. The van der Waals surface area contributed by atoms with Gasteiger partial charge >= 0.3 is 0 Å². The molecule has 1 amide bonds. The highest BCUT2D eigenvalue weighted by Gasteiger charge is 2.06. The Morgan fingerprint density at radius 3 is 3.07 bits per heavy atom. The first-order valence-electron chi connectivity index (χ1n) is 4.53. The number of hydrogen-bond donors (Lipinski definition) is 1. The van der Waals surface area contributed by atoms with Gasteiger partial charge in [-0.05, 0) is 6.92 Å². The molecular formula is C9H14ClN3O. The number of imidazole rings is 1. The molecule has 0 aliphatic carbocycles. The lowest BCUT2D eigenvalue weighted by molar-refractivity contribution is -0.121. The molecular weight excluding hydrogens is 202 g/mol. The molecule has 0 aromatic carbocycles. The van der Waals surface area contributed by atoms with Crippen LogP contribution in [0.3, 0.4) is 0 Å². The number of amides is 1. The molecule has 1 N–H and O–H groups in total. The molecule has 1 rings (SSSR count). The fourth-order valence-electron chi connectivity index (χ4n) is 1.19. The summed E-state index contributed by atoms with van der Waals surface area (Å²) in [5.41, 5.74) is 0. The van der Waals surface area contributed by atoms with Crippen LogP contribution in [0, 0.1) is 0 Å². The van der Waals surface area contributed by atoms with Crippen LogP contribution in [0.15, 0.2) is 18.7 Å². The van der Waals surface area contributed by atoms with E-state index < -0.39 is 0 Å². The van der Waals surface area contributed by atoms with E-state index in [1.54, 1.807) is 12.5 Å². The van der Waals surface area contributed by atoms with Gasteiger partial charge in [-0.2, -0.15) is 0 Å². The minimum absolute atomic E-state index is 0.00684. The third-order valence-electron chi connectivity index (χ3n) is 1.77. The molecule has 1 heterocycles. The van der Waals surface area contributed by atoms with Gasteiger partial charge in [0.05, 0.1) is 6.33 Å². The maximum atomic E-state index is 11.2. The Labute approximate surface area is 88.3 Å². The Kier molecular flexibility index (Phi) is 4.46. The van der Waals surface area contributed by atoms with Crippen LogP contribution in [0.25, 0.3) is 0 Å². The Balaban J connectivity index is 2.29.